The van der Waals surface area contributed by atoms with Gasteiger partial charge in [0, 0.05) is 9.86 Å². The van der Waals surface area contributed by atoms with E-state index in [1.54, 1.807) is 30.3 Å². The van der Waals surface area contributed by atoms with Gasteiger partial charge in [0.2, 0.25) is 0 Å². The van der Waals surface area contributed by atoms with Crippen LogP contribution in [0.25, 0.3) is 11.0 Å². The fourth-order valence-corrected chi connectivity index (χ4v) is 4.31. The van der Waals surface area contributed by atoms with Gasteiger partial charge in [0.25, 0.3) is 0 Å². The zero-order chi connectivity index (χ0) is 24.1. The van der Waals surface area contributed by atoms with Gasteiger partial charge in [-0.3, -0.25) is 4.79 Å². The van der Waals surface area contributed by atoms with Crippen LogP contribution < -0.4 is 14.9 Å². The number of halogens is 3. The molecule has 0 atom stereocenters. The Kier molecular flexibility index (Phi) is 7.84. The highest BCUT2D eigenvalue weighted by Gasteiger charge is 2.14. The maximum absolute atomic E-state index is 13.1. The molecule has 0 bridgehead atoms. The van der Waals surface area contributed by atoms with E-state index < -0.39 is 5.91 Å². The van der Waals surface area contributed by atoms with E-state index in [0.717, 1.165) is 24.6 Å². The van der Waals surface area contributed by atoms with Gasteiger partial charge in [-0.2, -0.15) is 5.10 Å². The summed E-state index contributed by atoms with van der Waals surface area (Å²) in [5.74, 6) is 0.549. The van der Waals surface area contributed by atoms with Crippen molar-refractivity contribution in [2.75, 3.05) is 6.61 Å². The summed E-state index contributed by atoms with van der Waals surface area (Å²) in [5.41, 5.74) is 4.65. The number of rotatable bonds is 8. The van der Waals surface area contributed by atoms with Crippen molar-refractivity contribution in [2.24, 2.45) is 5.10 Å². The lowest BCUT2D eigenvalue weighted by Gasteiger charge is -2.14. The van der Waals surface area contributed by atoms with Gasteiger partial charge in [0.15, 0.2) is 17.3 Å². The molecule has 3 aromatic carbocycles. The summed E-state index contributed by atoms with van der Waals surface area (Å²) in [7, 11) is 0. The molecule has 0 radical (unpaired) electrons. The molecule has 4 rings (SSSR count). The first-order chi connectivity index (χ1) is 16.4. The molecular weight excluding hydrogens is 618 g/mol. The molecular formula is C25H19BrFIN2O4. The van der Waals surface area contributed by atoms with Crippen LogP contribution in [0.1, 0.15) is 28.6 Å². The van der Waals surface area contributed by atoms with Gasteiger partial charge in [-0.05, 0) is 89.2 Å². The highest BCUT2D eigenvalue weighted by atomic mass is 127. The van der Waals surface area contributed by atoms with Gasteiger partial charge in [-0.1, -0.05) is 28.1 Å². The third-order valence-corrected chi connectivity index (χ3v) is 6.00. The Balaban J connectivity index is 1.46. The summed E-state index contributed by atoms with van der Waals surface area (Å²) < 4.78 is 32.1. The van der Waals surface area contributed by atoms with Crippen molar-refractivity contribution in [3.05, 3.63) is 91.4 Å². The van der Waals surface area contributed by atoms with Crippen molar-refractivity contribution >= 4 is 61.6 Å². The average Bonchev–Trinajstić information content (AvgIpc) is 3.23. The number of carbonyl (C=O) groups is 1. The first-order valence-electron chi connectivity index (χ1n) is 10.3. The standard InChI is InChI=1S/C25H19BrFIN2O4/c1-2-32-22-10-16(9-20(28)24(22)33-14-15-3-6-19(27)7-4-15)13-29-30-25(31)23-12-17-11-18(26)5-8-21(17)34-23/h3-13H,2,14H2,1H3,(H,30,31)/b29-13-. The highest BCUT2D eigenvalue weighted by molar-refractivity contribution is 14.1. The fraction of sp³-hybridized carbons (Fsp3) is 0.120. The fourth-order valence-electron chi connectivity index (χ4n) is 3.15. The van der Waals surface area contributed by atoms with Crippen LogP contribution in [-0.4, -0.2) is 18.7 Å². The number of carbonyl (C=O) groups excluding carboxylic acids is 1. The molecule has 0 aliphatic heterocycles. The zero-order valence-electron chi connectivity index (χ0n) is 18.0. The normalized spacial score (nSPS) is 11.2. The Bertz CT molecular complexity index is 1360. The molecule has 1 N–H and O–H groups in total. The van der Waals surface area contributed by atoms with Crippen molar-refractivity contribution in [2.45, 2.75) is 13.5 Å². The van der Waals surface area contributed by atoms with E-state index in [4.69, 9.17) is 13.9 Å². The summed E-state index contributed by atoms with van der Waals surface area (Å²) in [6, 6.07) is 16.9. The molecule has 0 saturated heterocycles. The van der Waals surface area contributed by atoms with Crippen molar-refractivity contribution in [1.82, 2.24) is 5.43 Å². The van der Waals surface area contributed by atoms with Crippen LogP contribution in [0.2, 0.25) is 0 Å². The number of hydrogen-bond donors (Lipinski definition) is 1. The molecule has 1 heterocycles. The maximum Gasteiger partial charge on any atom is 0.307 e. The maximum atomic E-state index is 13.1. The third kappa shape index (κ3) is 5.95. The number of benzene rings is 3. The minimum absolute atomic E-state index is 0.166. The third-order valence-electron chi connectivity index (χ3n) is 4.71. The molecule has 4 aromatic rings. The number of fused-ring (bicyclic) bond motifs is 1. The summed E-state index contributed by atoms with van der Waals surface area (Å²) in [6.45, 7) is 2.60. The van der Waals surface area contributed by atoms with Gasteiger partial charge >= 0.3 is 5.91 Å². The van der Waals surface area contributed by atoms with E-state index in [2.05, 4.69) is 49.0 Å². The first kappa shape index (κ1) is 24.2. The summed E-state index contributed by atoms with van der Waals surface area (Å²) in [6.07, 6.45) is 1.52. The predicted molar refractivity (Wildman–Crippen MR) is 140 cm³/mol. The molecule has 0 spiro atoms. The van der Waals surface area contributed by atoms with Crippen molar-refractivity contribution < 1.29 is 23.1 Å². The second-order valence-corrected chi connectivity index (χ2v) is 9.25. The quantitative estimate of drug-likeness (QED) is 0.133. The van der Waals surface area contributed by atoms with E-state index >= 15 is 0 Å². The van der Waals surface area contributed by atoms with Crippen LogP contribution >= 0.6 is 38.5 Å². The largest absolute Gasteiger partial charge is 0.490 e. The first-order valence-corrected chi connectivity index (χ1v) is 12.2. The molecule has 0 aliphatic rings. The van der Waals surface area contributed by atoms with Gasteiger partial charge < -0.3 is 13.9 Å². The number of hydrazone groups is 1. The van der Waals surface area contributed by atoms with E-state index in [1.165, 1.54) is 18.3 Å². The minimum Gasteiger partial charge on any atom is -0.490 e. The van der Waals surface area contributed by atoms with Crippen LogP contribution in [-0.2, 0) is 6.61 Å². The number of hydrogen-bond acceptors (Lipinski definition) is 5. The molecule has 0 aliphatic carbocycles. The number of ether oxygens (including phenoxy) is 2. The molecule has 174 valence electrons. The Morgan fingerprint density at radius 1 is 1.15 bits per heavy atom. The predicted octanol–water partition coefficient (Wildman–Crippen LogP) is 6.68. The molecule has 9 heteroatoms. The van der Waals surface area contributed by atoms with Crippen LogP contribution in [0.3, 0.4) is 0 Å². The Morgan fingerprint density at radius 2 is 1.94 bits per heavy atom. The van der Waals surface area contributed by atoms with Crippen molar-refractivity contribution in [3.63, 3.8) is 0 Å². The summed E-state index contributed by atoms with van der Waals surface area (Å²) in [4.78, 5) is 12.4. The molecule has 6 nitrogen and oxygen atoms in total. The number of nitrogens with one attached hydrogen (secondary N) is 1. The number of furan rings is 1. The SMILES string of the molecule is CCOc1cc(/C=N\NC(=O)c2cc3cc(Br)ccc3o2)cc(I)c1OCc1ccc(F)cc1. The topological polar surface area (TPSA) is 73.1 Å². The monoisotopic (exact) mass is 636 g/mol. The van der Waals surface area contributed by atoms with Gasteiger partial charge in [0.05, 0.1) is 16.4 Å². The summed E-state index contributed by atoms with van der Waals surface area (Å²) in [5, 5.41) is 4.87. The van der Waals surface area contributed by atoms with Gasteiger partial charge in [-0.25, -0.2) is 9.82 Å². The lowest BCUT2D eigenvalue weighted by atomic mass is 10.2. The number of nitrogens with zero attached hydrogens (tertiary/aromatic N) is 1. The zero-order valence-corrected chi connectivity index (χ0v) is 21.7. The second-order valence-electron chi connectivity index (χ2n) is 7.17. The molecule has 0 saturated carbocycles. The minimum atomic E-state index is -0.456. The summed E-state index contributed by atoms with van der Waals surface area (Å²) >= 11 is 5.55. The van der Waals surface area contributed by atoms with Crippen LogP contribution in [0.4, 0.5) is 4.39 Å². The molecule has 1 amide bonds. The van der Waals surface area contributed by atoms with Crippen molar-refractivity contribution in [1.29, 1.82) is 0 Å². The van der Waals surface area contributed by atoms with E-state index in [9.17, 15) is 9.18 Å². The lowest BCUT2D eigenvalue weighted by Crippen LogP contribution is -2.16. The Labute approximate surface area is 217 Å². The van der Waals surface area contributed by atoms with E-state index in [-0.39, 0.29) is 18.2 Å². The molecule has 34 heavy (non-hydrogen) atoms. The Hall–Kier alpha value is -2.92. The number of amides is 1. The average molecular weight is 637 g/mol. The molecule has 1 aromatic heterocycles. The van der Waals surface area contributed by atoms with Gasteiger partial charge in [-0.15, -0.1) is 0 Å². The second kappa shape index (κ2) is 11.0. The molecule has 0 unspecified atom stereocenters. The van der Waals surface area contributed by atoms with Crippen molar-refractivity contribution in [3.8, 4) is 11.5 Å². The molecule has 0 fully saturated rings. The van der Waals surface area contributed by atoms with Crippen LogP contribution in [0, 0.1) is 9.39 Å². The van der Waals surface area contributed by atoms with Crippen LogP contribution in [0.15, 0.2) is 74.7 Å². The van der Waals surface area contributed by atoms with Gasteiger partial charge in [0.1, 0.15) is 18.0 Å². The lowest BCUT2D eigenvalue weighted by molar-refractivity contribution is 0.0929. The van der Waals surface area contributed by atoms with E-state index in [0.29, 0.717) is 23.7 Å². The van der Waals surface area contributed by atoms with E-state index in [1.807, 2.05) is 25.1 Å². The Morgan fingerprint density at radius 3 is 2.71 bits per heavy atom. The van der Waals surface area contributed by atoms with Crippen LogP contribution in [0.5, 0.6) is 11.5 Å². The smallest absolute Gasteiger partial charge is 0.307 e. The highest BCUT2D eigenvalue weighted by Crippen LogP contribution is 2.34.